The van der Waals surface area contributed by atoms with Crippen LogP contribution < -0.4 is 5.32 Å². The molecule has 2 heterocycles. The summed E-state index contributed by atoms with van der Waals surface area (Å²) in [5.74, 6) is -0.978. The number of fused-ring (bicyclic) bond motifs is 2. The van der Waals surface area contributed by atoms with Crippen LogP contribution in [-0.4, -0.2) is 25.9 Å². The SMILES string of the molecule is O=C(Nc1ccc2[nH]nnc2c1)c1cc2cc(C(F)(F)F)ccc2n1Cc1cccc(F)c1. The molecule has 2 N–H and O–H groups in total. The first-order valence-electron chi connectivity index (χ1n) is 9.85. The number of aromatic amines is 1. The number of nitrogens with one attached hydrogen (secondary N) is 2. The lowest BCUT2D eigenvalue weighted by atomic mass is 10.1. The monoisotopic (exact) mass is 453 g/mol. The summed E-state index contributed by atoms with van der Waals surface area (Å²) in [7, 11) is 0. The molecule has 166 valence electrons. The van der Waals surface area contributed by atoms with Gasteiger partial charge in [0.1, 0.15) is 17.0 Å². The topological polar surface area (TPSA) is 75.6 Å². The molecule has 3 aromatic carbocycles. The van der Waals surface area contributed by atoms with Crippen molar-refractivity contribution in [3.05, 3.63) is 89.4 Å². The standard InChI is InChI=1S/C23H15F4N5O/c24-16-3-1-2-13(8-16)12-32-20-7-4-15(23(25,26)27)9-14(20)10-21(32)22(33)28-17-5-6-18-19(11-17)30-31-29-18/h1-11H,12H2,(H,28,33)(H,29,30,31). The van der Waals surface area contributed by atoms with Crippen LogP contribution >= 0.6 is 0 Å². The number of aromatic nitrogens is 4. The van der Waals surface area contributed by atoms with Gasteiger partial charge in [-0.1, -0.05) is 17.3 Å². The van der Waals surface area contributed by atoms with Crippen LogP contribution in [0.3, 0.4) is 0 Å². The third-order valence-electron chi connectivity index (χ3n) is 5.27. The number of nitrogens with zero attached hydrogens (tertiary/aromatic N) is 3. The van der Waals surface area contributed by atoms with Gasteiger partial charge in [0.2, 0.25) is 0 Å². The molecular weight excluding hydrogens is 438 g/mol. The van der Waals surface area contributed by atoms with Gasteiger partial charge in [0.15, 0.2) is 0 Å². The summed E-state index contributed by atoms with van der Waals surface area (Å²) >= 11 is 0. The Bertz CT molecular complexity index is 1500. The molecule has 0 fully saturated rings. The molecule has 0 radical (unpaired) electrons. The number of benzene rings is 3. The fourth-order valence-electron chi connectivity index (χ4n) is 3.74. The molecule has 5 aromatic rings. The number of halogens is 4. The number of hydrogen-bond acceptors (Lipinski definition) is 3. The molecule has 0 atom stereocenters. The first-order valence-corrected chi connectivity index (χ1v) is 9.85. The van der Waals surface area contributed by atoms with Crippen LogP contribution in [-0.2, 0) is 12.7 Å². The fraction of sp³-hybridized carbons (Fsp3) is 0.0870. The van der Waals surface area contributed by atoms with Crippen LogP contribution in [0.1, 0.15) is 21.6 Å². The number of anilines is 1. The first kappa shape index (κ1) is 20.7. The van der Waals surface area contributed by atoms with E-state index in [1.807, 2.05) is 0 Å². The van der Waals surface area contributed by atoms with Crippen LogP contribution in [0.15, 0.2) is 66.7 Å². The molecule has 0 saturated heterocycles. The van der Waals surface area contributed by atoms with E-state index in [-0.39, 0.29) is 17.6 Å². The molecule has 0 saturated carbocycles. The summed E-state index contributed by atoms with van der Waals surface area (Å²) in [6.45, 7) is 0.0949. The minimum Gasteiger partial charge on any atom is -0.332 e. The Morgan fingerprint density at radius 3 is 2.67 bits per heavy atom. The van der Waals surface area contributed by atoms with Gasteiger partial charge in [-0.2, -0.15) is 13.2 Å². The van der Waals surface area contributed by atoms with Crippen molar-refractivity contribution >= 4 is 33.5 Å². The normalized spacial score (nSPS) is 11.9. The number of carbonyl (C=O) groups excluding carboxylic acids is 1. The van der Waals surface area contributed by atoms with Gasteiger partial charge in [-0.25, -0.2) is 4.39 Å². The number of hydrogen-bond donors (Lipinski definition) is 2. The summed E-state index contributed by atoms with van der Waals surface area (Å²) in [5, 5.41) is 13.3. The molecular formula is C23H15F4N5O. The van der Waals surface area contributed by atoms with Gasteiger partial charge < -0.3 is 9.88 Å². The Morgan fingerprint density at radius 2 is 1.88 bits per heavy atom. The highest BCUT2D eigenvalue weighted by Gasteiger charge is 2.31. The Labute approximate surface area is 183 Å². The number of amides is 1. The summed E-state index contributed by atoms with van der Waals surface area (Å²) in [5.41, 5.74) is 1.97. The Kier molecular flexibility index (Phi) is 4.85. The predicted molar refractivity (Wildman–Crippen MR) is 114 cm³/mol. The second-order valence-corrected chi connectivity index (χ2v) is 7.51. The average Bonchev–Trinajstić information content (AvgIpc) is 3.37. The van der Waals surface area contributed by atoms with Gasteiger partial charge in [0.25, 0.3) is 5.91 Å². The molecule has 0 aliphatic rings. The molecule has 2 aromatic heterocycles. The molecule has 33 heavy (non-hydrogen) atoms. The number of carbonyl (C=O) groups is 1. The van der Waals surface area contributed by atoms with Gasteiger partial charge in [0.05, 0.1) is 11.1 Å². The van der Waals surface area contributed by atoms with Gasteiger partial charge in [0, 0.05) is 23.1 Å². The van der Waals surface area contributed by atoms with Crippen LogP contribution in [0.25, 0.3) is 21.9 Å². The zero-order valence-corrected chi connectivity index (χ0v) is 16.8. The molecule has 5 rings (SSSR count). The second kappa shape index (κ2) is 7.73. The van der Waals surface area contributed by atoms with E-state index in [4.69, 9.17) is 0 Å². The molecule has 0 spiro atoms. The van der Waals surface area contributed by atoms with Crippen LogP contribution in [0.5, 0.6) is 0 Å². The third-order valence-corrected chi connectivity index (χ3v) is 5.27. The summed E-state index contributed by atoms with van der Waals surface area (Å²) in [6, 6.07) is 15.5. The van der Waals surface area contributed by atoms with Crippen molar-refractivity contribution in [1.29, 1.82) is 0 Å². The average molecular weight is 453 g/mol. The lowest BCUT2D eigenvalue weighted by Gasteiger charge is -2.12. The van der Waals surface area contributed by atoms with E-state index < -0.39 is 23.5 Å². The summed E-state index contributed by atoms with van der Waals surface area (Å²) < 4.78 is 54.9. The maximum absolute atomic E-state index is 13.7. The highest BCUT2D eigenvalue weighted by Crippen LogP contribution is 2.33. The maximum Gasteiger partial charge on any atom is 0.416 e. The van der Waals surface area contributed by atoms with Crippen molar-refractivity contribution in [2.45, 2.75) is 12.7 Å². The number of H-pyrrole nitrogens is 1. The van der Waals surface area contributed by atoms with E-state index in [0.717, 1.165) is 12.1 Å². The van der Waals surface area contributed by atoms with Gasteiger partial charge in [-0.05, 0) is 60.2 Å². The van der Waals surface area contributed by atoms with Gasteiger partial charge in [-0.15, -0.1) is 5.10 Å². The van der Waals surface area contributed by atoms with Gasteiger partial charge >= 0.3 is 6.18 Å². The first-order chi connectivity index (χ1) is 15.8. The van der Waals surface area contributed by atoms with E-state index in [9.17, 15) is 22.4 Å². The maximum atomic E-state index is 13.7. The summed E-state index contributed by atoms with van der Waals surface area (Å²) in [6.07, 6.45) is -4.52. The van der Waals surface area contributed by atoms with Crippen LogP contribution in [0.4, 0.5) is 23.2 Å². The predicted octanol–water partition coefficient (Wildman–Crippen LogP) is 5.37. The second-order valence-electron chi connectivity index (χ2n) is 7.51. The molecule has 0 unspecified atom stereocenters. The highest BCUT2D eigenvalue weighted by molar-refractivity contribution is 6.07. The zero-order valence-electron chi connectivity index (χ0n) is 16.8. The minimum atomic E-state index is -4.52. The molecule has 1 amide bonds. The molecule has 0 bridgehead atoms. The molecule has 0 aliphatic carbocycles. The lowest BCUT2D eigenvalue weighted by molar-refractivity contribution is -0.137. The van der Waals surface area contributed by atoms with E-state index in [1.54, 1.807) is 28.8 Å². The van der Waals surface area contributed by atoms with Crippen molar-refractivity contribution in [3.63, 3.8) is 0 Å². The highest BCUT2D eigenvalue weighted by atomic mass is 19.4. The van der Waals surface area contributed by atoms with Crippen molar-refractivity contribution in [2.75, 3.05) is 5.32 Å². The van der Waals surface area contributed by atoms with Crippen molar-refractivity contribution in [2.24, 2.45) is 0 Å². The molecule has 10 heteroatoms. The Balaban J connectivity index is 1.57. The Hall–Kier alpha value is -4.21. The van der Waals surface area contributed by atoms with E-state index >= 15 is 0 Å². The number of rotatable bonds is 4. The fourth-order valence-corrected chi connectivity index (χ4v) is 3.74. The van der Waals surface area contributed by atoms with Crippen molar-refractivity contribution in [1.82, 2.24) is 20.0 Å². The van der Waals surface area contributed by atoms with Crippen molar-refractivity contribution in [3.8, 4) is 0 Å². The smallest absolute Gasteiger partial charge is 0.332 e. The summed E-state index contributed by atoms with van der Waals surface area (Å²) in [4.78, 5) is 13.1. The van der Waals surface area contributed by atoms with Crippen molar-refractivity contribution < 1.29 is 22.4 Å². The third kappa shape index (κ3) is 4.02. The Morgan fingerprint density at radius 1 is 1.03 bits per heavy atom. The van der Waals surface area contributed by atoms with E-state index in [0.29, 0.717) is 27.8 Å². The lowest BCUT2D eigenvalue weighted by Crippen LogP contribution is -2.17. The molecule has 6 nitrogen and oxygen atoms in total. The number of alkyl halides is 3. The quantitative estimate of drug-likeness (QED) is 0.359. The zero-order chi connectivity index (χ0) is 23.2. The van der Waals surface area contributed by atoms with Crippen LogP contribution in [0.2, 0.25) is 0 Å². The van der Waals surface area contributed by atoms with E-state index in [1.165, 1.54) is 30.3 Å². The largest absolute Gasteiger partial charge is 0.416 e. The minimum absolute atomic E-state index is 0.0949. The van der Waals surface area contributed by atoms with Crippen LogP contribution in [0, 0.1) is 5.82 Å². The van der Waals surface area contributed by atoms with Gasteiger partial charge in [-0.3, -0.25) is 9.89 Å². The van der Waals surface area contributed by atoms with E-state index in [2.05, 4.69) is 20.7 Å². The molecule has 0 aliphatic heterocycles.